The first-order valence-electron chi connectivity index (χ1n) is 8.50. The van der Waals surface area contributed by atoms with Crippen LogP contribution in [-0.4, -0.2) is 46.3 Å². The summed E-state index contributed by atoms with van der Waals surface area (Å²) in [7, 11) is 0. The van der Waals surface area contributed by atoms with Crippen LogP contribution in [0.3, 0.4) is 0 Å². The molecule has 1 saturated heterocycles. The van der Waals surface area contributed by atoms with Gasteiger partial charge in [-0.2, -0.15) is 5.10 Å². The normalized spacial score (nSPS) is 13.8. The summed E-state index contributed by atoms with van der Waals surface area (Å²) in [6.07, 6.45) is 2.07. The maximum Gasteiger partial charge on any atom is 0.319 e. The van der Waals surface area contributed by atoms with Crippen molar-refractivity contribution in [1.82, 2.24) is 20.0 Å². The van der Waals surface area contributed by atoms with Gasteiger partial charge in [0.1, 0.15) is 0 Å². The van der Waals surface area contributed by atoms with Gasteiger partial charge in [0.05, 0.1) is 23.6 Å². The summed E-state index contributed by atoms with van der Waals surface area (Å²) in [5.74, 6) is -0.0421. The lowest BCUT2D eigenvalue weighted by molar-refractivity contribution is -0.128. The van der Waals surface area contributed by atoms with E-state index in [2.05, 4.69) is 15.7 Å². The molecule has 1 fully saturated rings. The smallest absolute Gasteiger partial charge is 0.319 e. The Morgan fingerprint density at radius 2 is 1.88 bits per heavy atom. The van der Waals surface area contributed by atoms with E-state index >= 15 is 0 Å². The molecule has 2 aromatic rings. The zero-order valence-electron chi connectivity index (χ0n) is 14.6. The number of benzene rings is 1. The first-order chi connectivity index (χ1) is 12.0. The second kappa shape index (κ2) is 7.38. The molecule has 0 spiro atoms. The Labute approximate surface area is 147 Å². The highest BCUT2D eigenvalue weighted by atomic mass is 16.2. The molecule has 3 rings (SSSR count). The molecule has 0 saturated carbocycles. The fourth-order valence-corrected chi connectivity index (χ4v) is 3.04. The van der Waals surface area contributed by atoms with Crippen LogP contribution in [0.4, 0.5) is 10.5 Å². The van der Waals surface area contributed by atoms with E-state index in [0.29, 0.717) is 5.69 Å². The molecule has 1 aliphatic rings. The summed E-state index contributed by atoms with van der Waals surface area (Å²) in [6.45, 7) is 5.46. The number of anilines is 1. The summed E-state index contributed by atoms with van der Waals surface area (Å²) < 4.78 is 1.79. The Kier molecular flexibility index (Phi) is 5.02. The molecule has 0 radical (unpaired) electrons. The standard InChI is InChI=1S/C18H23N5O2/c1-13-11-14(2)23(21-13)16-8-4-3-7-15(16)20-18(25)19-12-17(24)22-9-5-6-10-22/h3-4,7-8,11H,5-6,9-10,12H2,1-2H3,(H2,19,20,25). The molecule has 7 heteroatoms. The van der Waals surface area contributed by atoms with Crippen LogP contribution in [0.1, 0.15) is 24.2 Å². The van der Waals surface area contributed by atoms with E-state index < -0.39 is 6.03 Å². The topological polar surface area (TPSA) is 79.3 Å². The number of aryl methyl sites for hydroxylation is 2. The zero-order valence-corrected chi connectivity index (χ0v) is 14.6. The van der Waals surface area contributed by atoms with Crippen molar-refractivity contribution >= 4 is 17.6 Å². The van der Waals surface area contributed by atoms with E-state index in [1.54, 1.807) is 9.58 Å². The highest BCUT2D eigenvalue weighted by Gasteiger charge is 2.18. The second-order valence-electron chi connectivity index (χ2n) is 6.25. The van der Waals surface area contributed by atoms with Gasteiger partial charge in [-0.15, -0.1) is 0 Å². The molecule has 132 valence electrons. The van der Waals surface area contributed by atoms with Crippen LogP contribution in [-0.2, 0) is 4.79 Å². The van der Waals surface area contributed by atoms with Crippen molar-refractivity contribution in [3.63, 3.8) is 0 Å². The van der Waals surface area contributed by atoms with Crippen LogP contribution in [0, 0.1) is 13.8 Å². The van der Waals surface area contributed by atoms with Crippen LogP contribution in [0.5, 0.6) is 0 Å². The zero-order chi connectivity index (χ0) is 17.8. The Bertz CT molecular complexity index is 778. The quantitative estimate of drug-likeness (QED) is 0.895. The Balaban J connectivity index is 1.65. The Morgan fingerprint density at radius 1 is 1.16 bits per heavy atom. The molecular formula is C18H23N5O2. The molecule has 0 atom stereocenters. The van der Waals surface area contributed by atoms with Gasteiger partial charge >= 0.3 is 6.03 Å². The van der Waals surface area contributed by atoms with E-state index in [-0.39, 0.29) is 12.5 Å². The molecule has 1 aliphatic heterocycles. The van der Waals surface area contributed by atoms with Crippen molar-refractivity contribution in [3.8, 4) is 5.69 Å². The molecule has 2 heterocycles. The maximum absolute atomic E-state index is 12.2. The van der Waals surface area contributed by atoms with Gasteiger partial charge in [0, 0.05) is 18.8 Å². The van der Waals surface area contributed by atoms with Crippen molar-refractivity contribution in [2.75, 3.05) is 25.0 Å². The SMILES string of the molecule is Cc1cc(C)n(-c2ccccc2NC(=O)NCC(=O)N2CCCC2)n1. The number of para-hydroxylation sites is 2. The van der Waals surface area contributed by atoms with Crippen LogP contribution in [0.25, 0.3) is 5.69 Å². The summed E-state index contributed by atoms with van der Waals surface area (Å²) in [5.41, 5.74) is 3.32. The first-order valence-corrected chi connectivity index (χ1v) is 8.50. The van der Waals surface area contributed by atoms with Gasteiger partial charge in [0.25, 0.3) is 0 Å². The molecule has 7 nitrogen and oxygen atoms in total. The molecule has 0 bridgehead atoms. The van der Waals surface area contributed by atoms with Crippen LogP contribution in [0.15, 0.2) is 30.3 Å². The van der Waals surface area contributed by atoms with Crippen molar-refractivity contribution in [2.24, 2.45) is 0 Å². The van der Waals surface area contributed by atoms with Crippen LogP contribution < -0.4 is 10.6 Å². The number of aromatic nitrogens is 2. The molecule has 1 aromatic carbocycles. The number of carbonyl (C=O) groups is 2. The van der Waals surface area contributed by atoms with Crippen molar-refractivity contribution in [3.05, 3.63) is 41.7 Å². The average Bonchev–Trinajstić information content (AvgIpc) is 3.23. The number of nitrogens with one attached hydrogen (secondary N) is 2. The number of hydrogen-bond acceptors (Lipinski definition) is 3. The number of likely N-dealkylation sites (tertiary alicyclic amines) is 1. The molecule has 3 amide bonds. The molecule has 0 aliphatic carbocycles. The second-order valence-corrected chi connectivity index (χ2v) is 6.25. The Morgan fingerprint density at radius 3 is 2.56 bits per heavy atom. The van der Waals surface area contributed by atoms with Gasteiger partial charge in [-0.05, 0) is 44.9 Å². The molecule has 0 unspecified atom stereocenters. The number of rotatable bonds is 4. The molecule has 2 N–H and O–H groups in total. The molecule has 1 aromatic heterocycles. The number of carbonyl (C=O) groups excluding carboxylic acids is 2. The monoisotopic (exact) mass is 341 g/mol. The number of hydrogen-bond donors (Lipinski definition) is 2. The fraction of sp³-hybridized carbons (Fsp3) is 0.389. The lowest BCUT2D eigenvalue weighted by atomic mass is 10.2. The van der Waals surface area contributed by atoms with Crippen molar-refractivity contribution < 1.29 is 9.59 Å². The van der Waals surface area contributed by atoms with Crippen molar-refractivity contribution in [2.45, 2.75) is 26.7 Å². The van der Waals surface area contributed by atoms with E-state index in [0.717, 1.165) is 43.0 Å². The lowest BCUT2D eigenvalue weighted by Gasteiger charge is -2.16. The minimum atomic E-state index is -0.401. The third-order valence-electron chi connectivity index (χ3n) is 4.25. The van der Waals surface area contributed by atoms with Crippen molar-refractivity contribution in [1.29, 1.82) is 0 Å². The summed E-state index contributed by atoms with van der Waals surface area (Å²) in [5, 5.41) is 9.90. The average molecular weight is 341 g/mol. The fourth-order valence-electron chi connectivity index (χ4n) is 3.04. The lowest BCUT2D eigenvalue weighted by Crippen LogP contribution is -2.40. The van der Waals surface area contributed by atoms with Crippen LogP contribution >= 0.6 is 0 Å². The van der Waals surface area contributed by atoms with E-state index in [9.17, 15) is 9.59 Å². The van der Waals surface area contributed by atoms with E-state index in [1.165, 1.54) is 0 Å². The van der Waals surface area contributed by atoms with Gasteiger partial charge in [-0.3, -0.25) is 4.79 Å². The maximum atomic E-state index is 12.2. The number of urea groups is 1. The van der Waals surface area contributed by atoms with E-state index in [1.807, 2.05) is 44.2 Å². The molecular weight excluding hydrogens is 318 g/mol. The number of nitrogens with zero attached hydrogens (tertiary/aromatic N) is 3. The first kappa shape index (κ1) is 17.0. The minimum Gasteiger partial charge on any atom is -0.341 e. The van der Waals surface area contributed by atoms with Gasteiger partial charge in [0.15, 0.2) is 0 Å². The predicted molar refractivity (Wildman–Crippen MR) is 95.9 cm³/mol. The highest BCUT2D eigenvalue weighted by Crippen LogP contribution is 2.21. The Hall–Kier alpha value is -2.83. The van der Waals surface area contributed by atoms with Crippen LogP contribution in [0.2, 0.25) is 0 Å². The largest absolute Gasteiger partial charge is 0.341 e. The minimum absolute atomic E-state index is 0.00784. The number of amides is 3. The third kappa shape index (κ3) is 3.99. The third-order valence-corrected chi connectivity index (χ3v) is 4.25. The predicted octanol–water partition coefficient (Wildman–Crippen LogP) is 2.23. The highest BCUT2D eigenvalue weighted by molar-refractivity contribution is 5.94. The van der Waals surface area contributed by atoms with E-state index in [4.69, 9.17) is 0 Å². The van der Waals surface area contributed by atoms with Gasteiger partial charge in [-0.1, -0.05) is 12.1 Å². The summed E-state index contributed by atoms with van der Waals surface area (Å²) in [4.78, 5) is 26.0. The summed E-state index contributed by atoms with van der Waals surface area (Å²) in [6, 6.07) is 9.02. The summed E-state index contributed by atoms with van der Waals surface area (Å²) >= 11 is 0. The van der Waals surface area contributed by atoms with Gasteiger partial charge in [0.2, 0.25) is 5.91 Å². The van der Waals surface area contributed by atoms with Gasteiger partial charge < -0.3 is 15.5 Å². The van der Waals surface area contributed by atoms with Gasteiger partial charge in [-0.25, -0.2) is 9.48 Å². The molecule has 25 heavy (non-hydrogen) atoms.